The molecule has 1 fully saturated rings. The molecule has 2 heterocycles. The van der Waals surface area contributed by atoms with E-state index in [4.69, 9.17) is 0 Å². The molecule has 118 valence electrons. The fraction of sp³-hybridized carbons (Fsp3) is 0.308. The molecule has 1 aromatic rings. The summed E-state index contributed by atoms with van der Waals surface area (Å²) < 4.78 is 40.1. The molecule has 0 unspecified atom stereocenters. The van der Waals surface area contributed by atoms with E-state index < -0.39 is 39.9 Å². The quantitative estimate of drug-likeness (QED) is 0.715. The van der Waals surface area contributed by atoms with Crippen LogP contribution >= 0.6 is 0 Å². The molecule has 0 atom stereocenters. The number of anilines is 1. The topological polar surface area (TPSA) is 98.7 Å². The van der Waals surface area contributed by atoms with Crippen molar-refractivity contribution in [2.75, 3.05) is 23.9 Å². The molecular weight excluding hydrogens is 313 g/mol. The lowest BCUT2D eigenvalue weighted by Gasteiger charge is -2.19. The van der Waals surface area contributed by atoms with Gasteiger partial charge < -0.3 is 10.4 Å². The first-order valence-corrected chi connectivity index (χ1v) is 8.08. The van der Waals surface area contributed by atoms with Gasteiger partial charge in [-0.3, -0.25) is 4.79 Å². The Labute approximate surface area is 126 Å². The maximum Gasteiger partial charge on any atom is 0.326 e. The Morgan fingerprint density at radius 3 is 2.64 bits per heavy atom. The van der Waals surface area contributed by atoms with Gasteiger partial charge in [0.1, 0.15) is 18.0 Å². The molecule has 2 aliphatic rings. The van der Waals surface area contributed by atoms with E-state index in [0.29, 0.717) is 16.4 Å². The molecule has 2 aliphatic heterocycles. The Balaban J connectivity index is 2.04. The van der Waals surface area contributed by atoms with Crippen LogP contribution in [0.15, 0.2) is 18.2 Å². The zero-order chi connectivity index (χ0) is 15.9. The van der Waals surface area contributed by atoms with Gasteiger partial charge in [-0.15, -0.1) is 0 Å². The lowest BCUT2D eigenvalue weighted by molar-refractivity contribution is -0.117. The van der Waals surface area contributed by atoms with Gasteiger partial charge in [-0.05, 0) is 36.2 Å². The van der Waals surface area contributed by atoms with Crippen molar-refractivity contribution in [3.05, 3.63) is 29.6 Å². The van der Waals surface area contributed by atoms with E-state index in [0.717, 1.165) is 24.6 Å². The van der Waals surface area contributed by atoms with E-state index in [-0.39, 0.29) is 0 Å². The van der Waals surface area contributed by atoms with Gasteiger partial charge in [0.05, 0.1) is 0 Å². The second kappa shape index (κ2) is 5.25. The van der Waals surface area contributed by atoms with Crippen molar-refractivity contribution < 1.29 is 22.7 Å². The molecular formula is C13H14FN3O4S. The Hall–Kier alpha value is -2.13. The number of hydrogen-bond donors (Lipinski definition) is 3. The molecule has 1 saturated heterocycles. The highest BCUT2D eigenvalue weighted by molar-refractivity contribution is 7.92. The standard InChI is InChI=1S/C13H14FN3O4S/c14-10-4-9(8-2-1-3-15-6-8)5-11(18)13(10)17-7-12(19)16-22(17,20)21/h2,4-5,15,18H,1,3,6-7H2,(H,16,19). The Morgan fingerprint density at radius 1 is 1.32 bits per heavy atom. The summed E-state index contributed by atoms with van der Waals surface area (Å²) in [6.07, 6.45) is 2.72. The molecule has 3 rings (SSSR count). The molecule has 1 aromatic carbocycles. The van der Waals surface area contributed by atoms with Crippen LogP contribution < -0.4 is 14.3 Å². The van der Waals surface area contributed by atoms with Gasteiger partial charge in [-0.25, -0.2) is 13.4 Å². The Morgan fingerprint density at radius 2 is 2.09 bits per heavy atom. The SMILES string of the molecule is O=C1CN(c2c(O)cc(C3=CCCNC3)cc2F)S(=O)(=O)N1. The Kier molecular flexibility index (Phi) is 3.53. The van der Waals surface area contributed by atoms with Crippen LogP contribution in [-0.2, 0) is 15.0 Å². The van der Waals surface area contributed by atoms with Gasteiger partial charge in [0.15, 0.2) is 5.82 Å². The number of amides is 1. The van der Waals surface area contributed by atoms with Crippen LogP contribution in [0, 0.1) is 5.82 Å². The summed E-state index contributed by atoms with van der Waals surface area (Å²) in [6.45, 7) is 0.812. The fourth-order valence-corrected chi connectivity index (χ4v) is 3.70. The van der Waals surface area contributed by atoms with Crippen molar-refractivity contribution >= 4 is 27.4 Å². The number of carbonyl (C=O) groups is 1. The summed E-state index contributed by atoms with van der Waals surface area (Å²) in [5, 5.41) is 13.2. The molecule has 0 radical (unpaired) electrons. The van der Waals surface area contributed by atoms with E-state index in [9.17, 15) is 22.7 Å². The first kappa shape index (κ1) is 14.8. The largest absolute Gasteiger partial charge is 0.506 e. The number of nitrogens with one attached hydrogen (secondary N) is 2. The number of phenols is 1. The summed E-state index contributed by atoms with van der Waals surface area (Å²) in [7, 11) is -4.17. The molecule has 0 bridgehead atoms. The predicted octanol–water partition coefficient (Wildman–Crippen LogP) is 0.0890. The van der Waals surface area contributed by atoms with Crippen molar-refractivity contribution in [2.24, 2.45) is 0 Å². The van der Waals surface area contributed by atoms with E-state index in [1.165, 1.54) is 6.07 Å². The third-order valence-corrected chi connectivity index (χ3v) is 4.89. The predicted molar refractivity (Wildman–Crippen MR) is 77.9 cm³/mol. The average Bonchev–Trinajstić information content (AvgIpc) is 2.72. The summed E-state index contributed by atoms with van der Waals surface area (Å²) >= 11 is 0. The highest BCUT2D eigenvalue weighted by Gasteiger charge is 2.37. The fourth-order valence-electron chi connectivity index (χ4n) is 2.53. The van der Waals surface area contributed by atoms with Gasteiger partial charge in [-0.1, -0.05) is 6.08 Å². The van der Waals surface area contributed by atoms with E-state index in [1.54, 1.807) is 4.72 Å². The van der Waals surface area contributed by atoms with Crippen LogP contribution in [0.3, 0.4) is 0 Å². The highest BCUT2D eigenvalue weighted by Crippen LogP contribution is 2.36. The molecule has 0 saturated carbocycles. The molecule has 1 amide bonds. The van der Waals surface area contributed by atoms with Gasteiger partial charge in [0.25, 0.3) is 5.91 Å². The number of benzene rings is 1. The van der Waals surface area contributed by atoms with Crippen LogP contribution in [0.4, 0.5) is 10.1 Å². The summed E-state index contributed by atoms with van der Waals surface area (Å²) in [5.41, 5.74) is 0.777. The second-order valence-electron chi connectivity index (χ2n) is 5.06. The van der Waals surface area contributed by atoms with Crippen LogP contribution in [0.2, 0.25) is 0 Å². The van der Waals surface area contributed by atoms with Gasteiger partial charge in [-0.2, -0.15) is 8.42 Å². The molecule has 3 N–H and O–H groups in total. The summed E-state index contributed by atoms with van der Waals surface area (Å²) in [5.74, 6) is -2.20. The maximum atomic E-state index is 14.3. The van der Waals surface area contributed by atoms with Gasteiger partial charge in [0.2, 0.25) is 0 Å². The van der Waals surface area contributed by atoms with Gasteiger partial charge in [0, 0.05) is 6.54 Å². The third-order valence-electron chi connectivity index (χ3n) is 3.51. The van der Waals surface area contributed by atoms with Crippen LogP contribution in [0.1, 0.15) is 12.0 Å². The third kappa shape index (κ3) is 2.53. The maximum absolute atomic E-state index is 14.3. The minimum Gasteiger partial charge on any atom is -0.506 e. The number of aromatic hydroxyl groups is 1. The van der Waals surface area contributed by atoms with E-state index in [2.05, 4.69) is 5.32 Å². The smallest absolute Gasteiger partial charge is 0.326 e. The van der Waals surface area contributed by atoms with Crippen LogP contribution in [0.25, 0.3) is 5.57 Å². The van der Waals surface area contributed by atoms with Crippen molar-refractivity contribution in [2.45, 2.75) is 6.42 Å². The molecule has 0 spiro atoms. The first-order chi connectivity index (χ1) is 10.4. The molecule has 9 heteroatoms. The number of phenolic OH excluding ortho intramolecular Hbond substituents is 1. The molecule has 0 aromatic heterocycles. The van der Waals surface area contributed by atoms with Gasteiger partial charge >= 0.3 is 10.2 Å². The number of nitrogens with zero attached hydrogens (tertiary/aromatic N) is 1. The molecule has 7 nitrogen and oxygen atoms in total. The monoisotopic (exact) mass is 327 g/mol. The van der Waals surface area contributed by atoms with Crippen molar-refractivity contribution in [1.29, 1.82) is 0 Å². The summed E-state index contributed by atoms with van der Waals surface area (Å²) in [4.78, 5) is 11.2. The number of hydrogen-bond acceptors (Lipinski definition) is 5. The number of carbonyl (C=O) groups excluding carboxylic acids is 1. The summed E-state index contributed by atoms with van der Waals surface area (Å²) in [6, 6.07) is 2.46. The molecule has 22 heavy (non-hydrogen) atoms. The minimum absolute atomic E-state index is 0.474. The van der Waals surface area contributed by atoms with Crippen LogP contribution in [0.5, 0.6) is 5.75 Å². The second-order valence-corrected chi connectivity index (χ2v) is 6.65. The molecule has 0 aliphatic carbocycles. The average molecular weight is 327 g/mol. The lowest BCUT2D eigenvalue weighted by atomic mass is 10.0. The van der Waals surface area contributed by atoms with Crippen molar-refractivity contribution in [3.8, 4) is 5.75 Å². The van der Waals surface area contributed by atoms with E-state index in [1.807, 2.05) is 6.08 Å². The number of halogens is 1. The zero-order valence-corrected chi connectivity index (χ0v) is 12.3. The zero-order valence-electron chi connectivity index (χ0n) is 11.5. The van der Waals surface area contributed by atoms with E-state index >= 15 is 0 Å². The normalized spacial score (nSPS) is 20.7. The van der Waals surface area contributed by atoms with Crippen molar-refractivity contribution in [1.82, 2.24) is 10.0 Å². The van der Waals surface area contributed by atoms with Crippen LogP contribution in [-0.4, -0.2) is 39.1 Å². The highest BCUT2D eigenvalue weighted by atomic mass is 32.2. The number of rotatable bonds is 2. The Bertz CT molecular complexity index is 752. The van der Waals surface area contributed by atoms with Crippen molar-refractivity contribution in [3.63, 3.8) is 0 Å². The first-order valence-electron chi connectivity index (χ1n) is 6.64. The lowest BCUT2D eigenvalue weighted by Crippen LogP contribution is -2.30. The minimum atomic E-state index is -4.17.